The lowest BCUT2D eigenvalue weighted by atomic mass is 10.2. The Bertz CT molecular complexity index is 245. The van der Waals surface area contributed by atoms with Crippen LogP contribution < -0.4 is 5.32 Å². The van der Waals surface area contributed by atoms with Gasteiger partial charge in [0.2, 0.25) is 0 Å². The minimum atomic E-state index is -0.425. The van der Waals surface area contributed by atoms with Gasteiger partial charge in [0, 0.05) is 25.7 Å². The van der Waals surface area contributed by atoms with Gasteiger partial charge in [-0.05, 0) is 20.8 Å². The fourth-order valence-corrected chi connectivity index (χ4v) is 2.41. The largest absolute Gasteiger partial charge is 0.379 e. The highest BCUT2D eigenvalue weighted by atomic mass is 16.7. The topological polar surface area (TPSA) is 43.0 Å². The van der Waals surface area contributed by atoms with Crippen molar-refractivity contribution in [3.05, 3.63) is 0 Å². The van der Waals surface area contributed by atoms with Crippen LogP contribution in [0.15, 0.2) is 0 Å². The van der Waals surface area contributed by atoms with Crippen molar-refractivity contribution in [2.45, 2.75) is 38.6 Å². The number of nitrogens with one attached hydrogen (secondary N) is 1. The van der Waals surface area contributed by atoms with E-state index in [1.165, 1.54) is 0 Å². The summed E-state index contributed by atoms with van der Waals surface area (Å²) < 4.78 is 16.7. The van der Waals surface area contributed by atoms with Crippen molar-refractivity contribution in [3.8, 4) is 0 Å². The van der Waals surface area contributed by atoms with Gasteiger partial charge in [-0.15, -0.1) is 0 Å². The zero-order chi connectivity index (χ0) is 13.0. The van der Waals surface area contributed by atoms with Gasteiger partial charge in [-0.25, -0.2) is 0 Å². The van der Waals surface area contributed by atoms with Crippen molar-refractivity contribution in [2.24, 2.45) is 0 Å². The smallest absolute Gasteiger partial charge is 0.162 e. The van der Waals surface area contributed by atoms with Crippen LogP contribution in [0, 0.1) is 0 Å². The Hall–Kier alpha value is -0.200. The maximum absolute atomic E-state index is 5.65. The number of morpholine rings is 1. The molecule has 0 aromatic carbocycles. The molecule has 0 bridgehead atoms. The third-order valence-corrected chi connectivity index (χ3v) is 3.42. The fraction of sp³-hybridized carbons (Fsp3) is 1.00. The lowest BCUT2D eigenvalue weighted by molar-refractivity contribution is -0.253. The zero-order valence-corrected chi connectivity index (χ0v) is 11.8. The molecule has 5 heteroatoms. The SMILES string of the molecule is CC(CN1CCOCC1)NC1COC(C)(C)OC1. The first kappa shape index (κ1) is 14.2. The highest BCUT2D eigenvalue weighted by molar-refractivity contribution is 4.78. The Morgan fingerprint density at radius 2 is 1.83 bits per heavy atom. The quantitative estimate of drug-likeness (QED) is 0.793. The Labute approximate surface area is 110 Å². The summed E-state index contributed by atoms with van der Waals surface area (Å²) in [6.45, 7) is 12.4. The zero-order valence-electron chi connectivity index (χ0n) is 11.8. The molecule has 1 atom stereocenters. The fourth-order valence-electron chi connectivity index (χ4n) is 2.41. The van der Waals surface area contributed by atoms with Gasteiger partial charge in [0.1, 0.15) is 0 Å². The first-order chi connectivity index (χ1) is 8.55. The second kappa shape index (κ2) is 6.30. The lowest BCUT2D eigenvalue weighted by Gasteiger charge is -2.37. The number of hydrogen-bond donors (Lipinski definition) is 1. The third kappa shape index (κ3) is 4.48. The summed E-state index contributed by atoms with van der Waals surface area (Å²) in [5, 5.41) is 3.57. The highest BCUT2D eigenvalue weighted by Gasteiger charge is 2.29. The van der Waals surface area contributed by atoms with Crippen LogP contribution in [0.4, 0.5) is 0 Å². The average Bonchev–Trinajstić information content (AvgIpc) is 2.33. The van der Waals surface area contributed by atoms with Crippen LogP contribution in [0.1, 0.15) is 20.8 Å². The Kier molecular flexibility index (Phi) is 4.98. The Balaban J connectivity index is 1.66. The van der Waals surface area contributed by atoms with Gasteiger partial charge in [-0.2, -0.15) is 0 Å². The van der Waals surface area contributed by atoms with Crippen LogP contribution in [-0.4, -0.2) is 68.8 Å². The van der Waals surface area contributed by atoms with Crippen LogP contribution in [0.5, 0.6) is 0 Å². The number of rotatable bonds is 4. The molecule has 5 nitrogen and oxygen atoms in total. The second-order valence-corrected chi connectivity index (χ2v) is 5.70. The van der Waals surface area contributed by atoms with E-state index in [-0.39, 0.29) is 0 Å². The summed E-state index contributed by atoms with van der Waals surface area (Å²) in [6.07, 6.45) is 0. The van der Waals surface area contributed by atoms with E-state index in [4.69, 9.17) is 14.2 Å². The summed E-state index contributed by atoms with van der Waals surface area (Å²) in [5.74, 6) is -0.425. The molecule has 0 aromatic heterocycles. The van der Waals surface area contributed by atoms with Crippen molar-refractivity contribution < 1.29 is 14.2 Å². The number of hydrogen-bond acceptors (Lipinski definition) is 5. The first-order valence-electron chi connectivity index (χ1n) is 6.89. The van der Waals surface area contributed by atoms with Crippen LogP contribution in [0.3, 0.4) is 0 Å². The van der Waals surface area contributed by atoms with E-state index < -0.39 is 5.79 Å². The Morgan fingerprint density at radius 1 is 1.22 bits per heavy atom. The number of nitrogens with zero attached hydrogens (tertiary/aromatic N) is 1. The molecule has 0 spiro atoms. The van der Waals surface area contributed by atoms with Gasteiger partial charge < -0.3 is 19.5 Å². The maximum atomic E-state index is 5.65. The molecule has 1 unspecified atom stereocenters. The van der Waals surface area contributed by atoms with E-state index >= 15 is 0 Å². The minimum Gasteiger partial charge on any atom is -0.379 e. The Morgan fingerprint density at radius 3 is 2.44 bits per heavy atom. The van der Waals surface area contributed by atoms with Crippen molar-refractivity contribution in [1.82, 2.24) is 10.2 Å². The van der Waals surface area contributed by atoms with E-state index in [2.05, 4.69) is 17.1 Å². The summed E-state index contributed by atoms with van der Waals surface area (Å²) in [5.41, 5.74) is 0. The van der Waals surface area contributed by atoms with Gasteiger partial charge in [0.05, 0.1) is 32.5 Å². The van der Waals surface area contributed by atoms with E-state index in [0.717, 1.165) is 46.1 Å². The molecule has 2 aliphatic rings. The standard InChI is InChI=1S/C13H26N2O3/c1-11(8-15-4-6-16-7-5-15)14-12-9-17-13(2,3)18-10-12/h11-12,14H,4-10H2,1-3H3. The molecule has 2 saturated heterocycles. The van der Waals surface area contributed by atoms with Crippen molar-refractivity contribution in [1.29, 1.82) is 0 Å². The summed E-state index contributed by atoms with van der Waals surface area (Å²) in [7, 11) is 0. The van der Waals surface area contributed by atoms with Crippen molar-refractivity contribution in [3.63, 3.8) is 0 Å². The van der Waals surface area contributed by atoms with Gasteiger partial charge >= 0.3 is 0 Å². The molecular weight excluding hydrogens is 232 g/mol. The van der Waals surface area contributed by atoms with E-state index in [1.54, 1.807) is 0 Å². The molecule has 0 aromatic rings. The molecule has 0 radical (unpaired) electrons. The summed E-state index contributed by atoms with van der Waals surface area (Å²) in [6, 6.07) is 0.746. The van der Waals surface area contributed by atoms with Crippen LogP contribution in [-0.2, 0) is 14.2 Å². The first-order valence-corrected chi connectivity index (χ1v) is 6.89. The molecule has 18 heavy (non-hydrogen) atoms. The van der Waals surface area contributed by atoms with Gasteiger partial charge in [-0.1, -0.05) is 0 Å². The predicted molar refractivity (Wildman–Crippen MR) is 69.6 cm³/mol. The van der Waals surface area contributed by atoms with E-state index in [1.807, 2.05) is 13.8 Å². The van der Waals surface area contributed by atoms with Gasteiger partial charge in [-0.3, -0.25) is 4.90 Å². The molecule has 2 heterocycles. The van der Waals surface area contributed by atoms with Gasteiger partial charge in [0.15, 0.2) is 5.79 Å². The molecule has 2 aliphatic heterocycles. The summed E-state index contributed by atoms with van der Waals surface area (Å²) >= 11 is 0. The highest BCUT2D eigenvalue weighted by Crippen LogP contribution is 2.17. The van der Waals surface area contributed by atoms with Crippen molar-refractivity contribution >= 4 is 0 Å². The summed E-state index contributed by atoms with van der Waals surface area (Å²) in [4.78, 5) is 2.44. The second-order valence-electron chi connectivity index (χ2n) is 5.70. The molecule has 1 N–H and O–H groups in total. The van der Waals surface area contributed by atoms with Crippen LogP contribution >= 0.6 is 0 Å². The molecule has 2 fully saturated rings. The molecule has 0 amide bonds. The maximum Gasteiger partial charge on any atom is 0.162 e. The monoisotopic (exact) mass is 258 g/mol. The van der Waals surface area contributed by atoms with Crippen LogP contribution in [0.25, 0.3) is 0 Å². The van der Waals surface area contributed by atoms with E-state index in [9.17, 15) is 0 Å². The van der Waals surface area contributed by atoms with Gasteiger partial charge in [0.25, 0.3) is 0 Å². The third-order valence-electron chi connectivity index (χ3n) is 3.42. The molecular formula is C13H26N2O3. The molecule has 2 rings (SSSR count). The molecule has 0 saturated carbocycles. The average molecular weight is 258 g/mol. The molecule has 106 valence electrons. The van der Waals surface area contributed by atoms with Crippen molar-refractivity contribution in [2.75, 3.05) is 46.1 Å². The minimum absolute atomic E-state index is 0.300. The molecule has 0 aliphatic carbocycles. The van der Waals surface area contributed by atoms with E-state index in [0.29, 0.717) is 12.1 Å². The normalized spacial score (nSPS) is 28.2. The number of ether oxygens (including phenoxy) is 3. The predicted octanol–water partition coefficient (Wildman–Crippen LogP) is 0.448. The lowest BCUT2D eigenvalue weighted by Crippen LogP contribution is -2.53. The van der Waals surface area contributed by atoms with Crippen LogP contribution in [0.2, 0.25) is 0 Å².